The quantitative estimate of drug-likeness (QED) is 0.781. The lowest BCUT2D eigenvalue weighted by Crippen LogP contribution is -2.34. The molecule has 1 aromatic carbocycles. The summed E-state index contributed by atoms with van der Waals surface area (Å²) in [5.74, 6) is -0.261. The Balaban J connectivity index is 1.98. The number of carbonyl (C=O) groups is 3. The largest absolute Gasteiger partial charge is 0.484 e. The predicted molar refractivity (Wildman–Crippen MR) is 74.7 cm³/mol. The van der Waals surface area contributed by atoms with Crippen LogP contribution in [0.15, 0.2) is 24.3 Å². The second kappa shape index (κ2) is 6.74. The van der Waals surface area contributed by atoms with E-state index in [9.17, 15) is 14.4 Å². The summed E-state index contributed by atoms with van der Waals surface area (Å²) in [5.41, 5.74) is 5.49. The molecule has 0 saturated carbocycles. The normalized spacial score (nSPS) is 15.0. The molecule has 7 heteroatoms. The van der Waals surface area contributed by atoms with Crippen molar-refractivity contribution >= 4 is 17.7 Å². The average Bonchev–Trinajstić information content (AvgIpc) is 2.69. The van der Waals surface area contributed by atoms with Crippen LogP contribution in [0.1, 0.15) is 16.8 Å². The summed E-state index contributed by atoms with van der Waals surface area (Å²) in [6, 6.07) is 6.46. The van der Waals surface area contributed by atoms with Crippen LogP contribution in [-0.4, -0.2) is 48.9 Å². The molecule has 0 bridgehead atoms. The molecular weight excluding hydrogens is 274 g/mol. The molecule has 21 heavy (non-hydrogen) atoms. The van der Waals surface area contributed by atoms with E-state index in [1.165, 1.54) is 0 Å². The van der Waals surface area contributed by atoms with Crippen molar-refractivity contribution in [3.8, 4) is 5.75 Å². The van der Waals surface area contributed by atoms with Crippen molar-refractivity contribution in [2.24, 2.45) is 5.73 Å². The summed E-state index contributed by atoms with van der Waals surface area (Å²) >= 11 is 0. The highest BCUT2D eigenvalue weighted by Gasteiger charge is 2.19. The van der Waals surface area contributed by atoms with Gasteiger partial charge in [0.15, 0.2) is 6.61 Å². The van der Waals surface area contributed by atoms with E-state index >= 15 is 0 Å². The molecule has 0 spiro atoms. The minimum Gasteiger partial charge on any atom is -0.484 e. The highest BCUT2D eigenvalue weighted by Crippen LogP contribution is 2.14. The van der Waals surface area contributed by atoms with Crippen LogP contribution in [-0.2, 0) is 9.59 Å². The zero-order valence-electron chi connectivity index (χ0n) is 11.5. The molecule has 1 saturated heterocycles. The molecule has 0 unspecified atom stereocenters. The average molecular weight is 291 g/mol. The number of nitrogens with two attached hydrogens (primary N) is 1. The lowest BCUT2D eigenvalue weighted by atomic mass is 10.2. The Kier molecular flexibility index (Phi) is 4.76. The minimum absolute atomic E-state index is 0.0412. The summed E-state index contributed by atoms with van der Waals surface area (Å²) in [7, 11) is 0. The predicted octanol–water partition coefficient (Wildman–Crippen LogP) is -0.487. The van der Waals surface area contributed by atoms with E-state index in [4.69, 9.17) is 10.5 Å². The Morgan fingerprint density at radius 1 is 1.24 bits per heavy atom. The zero-order chi connectivity index (χ0) is 15.2. The van der Waals surface area contributed by atoms with E-state index in [-0.39, 0.29) is 18.4 Å². The van der Waals surface area contributed by atoms with E-state index in [0.717, 1.165) is 0 Å². The number of rotatable bonds is 4. The summed E-state index contributed by atoms with van der Waals surface area (Å²) in [6.07, 6.45) is 0.311. The standard InChI is InChI=1S/C14H17N3O4/c15-12(18)9-21-11-3-1-10(2-4-11)14(20)17-7-5-13(19)16-6-8-17/h1-4H,5-9H2,(H2,15,18)(H,16,19). The lowest BCUT2D eigenvalue weighted by Gasteiger charge is -2.19. The monoisotopic (exact) mass is 291 g/mol. The van der Waals surface area contributed by atoms with Gasteiger partial charge in [0.2, 0.25) is 5.91 Å². The van der Waals surface area contributed by atoms with Crippen LogP contribution in [0.25, 0.3) is 0 Å². The fraction of sp³-hybridized carbons (Fsp3) is 0.357. The van der Waals surface area contributed by atoms with Gasteiger partial charge in [-0.1, -0.05) is 0 Å². The van der Waals surface area contributed by atoms with Gasteiger partial charge >= 0.3 is 0 Å². The molecule has 0 aromatic heterocycles. The van der Waals surface area contributed by atoms with Gasteiger partial charge in [-0.2, -0.15) is 0 Å². The van der Waals surface area contributed by atoms with Crippen LogP contribution < -0.4 is 15.8 Å². The number of benzene rings is 1. The fourth-order valence-corrected chi connectivity index (χ4v) is 2.00. The highest BCUT2D eigenvalue weighted by molar-refractivity contribution is 5.94. The molecule has 0 aliphatic carbocycles. The molecule has 1 aliphatic rings. The van der Waals surface area contributed by atoms with Gasteiger partial charge in [0, 0.05) is 31.6 Å². The third-order valence-corrected chi connectivity index (χ3v) is 3.08. The molecule has 3 N–H and O–H groups in total. The number of hydrogen-bond donors (Lipinski definition) is 2. The van der Waals surface area contributed by atoms with Gasteiger partial charge in [-0.05, 0) is 24.3 Å². The number of hydrogen-bond acceptors (Lipinski definition) is 4. The van der Waals surface area contributed by atoms with Gasteiger partial charge in [-0.25, -0.2) is 0 Å². The Morgan fingerprint density at radius 3 is 2.62 bits per heavy atom. The number of ether oxygens (including phenoxy) is 1. The Bertz CT molecular complexity index is 542. The Morgan fingerprint density at radius 2 is 1.95 bits per heavy atom. The molecule has 7 nitrogen and oxygen atoms in total. The number of nitrogens with zero attached hydrogens (tertiary/aromatic N) is 1. The third kappa shape index (κ3) is 4.20. The number of primary amides is 1. The SMILES string of the molecule is NC(=O)COc1ccc(C(=O)N2CCNC(=O)CC2)cc1. The fourth-order valence-electron chi connectivity index (χ4n) is 2.00. The van der Waals surface area contributed by atoms with Crippen LogP contribution in [0.5, 0.6) is 5.75 Å². The second-order valence-corrected chi connectivity index (χ2v) is 4.67. The minimum atomic E-state index is -0.558. The van der Waals surface area contributed by atoms with Crippen LogP contribution in [0.2, 0.25) is 0 Å². The smallest absolute Gasteiger partial charge is 0.255 e. The number of carbonyl (C=O) groups excluding carboxylic acids is 3. The molecule has 112 valence electrons. The molecular formula is C14H17N3O4. The molecule has 2 rings (SSSR count). The van der Waals surface area contributed by atoms with E-state index < -0.39 is 5.91 Å². The molecule has 0 radical (unpaired) electrons. The third-order valence-electron chi connectivity index (χ3n) is 3.08. The van der Waals surface area contributed by atoms with E-state index in [0.29, 0.717) is 37.4 Å². The molecule has 1 aliphatic heterocycles. The maximum Gasteiger partial charge on any atom is 0.255 e. The first-order valence-corrected chi connectivity index (χ1v) is 6.63. The lowest BCUT2D eigenvalue weighted by molar-refractivity contribution is -0.121. The van der Waals surface area contributed by atoms with Crippen LogP contribution in [0.4, 0.5) is 0 Å². The van der Waals surface area contributed by atoms with Crippen molar-refractivity contribution in [2.45, 2.75) is 6.42 Å². The van der Waals surface area contributed by atoms with Crippen molar-refractivity contribution in [3.05, 3.63) is 29.8 Å². The van der Waals surface area contributed by atoms with E-state index in [2.05, 4.69) is 5.32 Å². The first-order valence-electron chi connectivity index (χ1n) is 6.63. The topological polar surface area (TPSA) is 102 Å². The van der Waals surface area contributed by atoms with Crippen LogP contribution in [0, 0.1) is 0 Å². The molecule has 3 amide bonds. The zero-order valence-corrected chi connectivity index (χ0v) is 11.5. The molecule has 1 fully saturated rings. The first kappa shape index (κ1) is 14.8. The van der Waals surface area contributed by atoms with Crippen molar-refractivity contribution < 1.29 is 19.1 Å². The summed E-state index contributed by atoms with van der Waals surface area (Å²) in [4.78, 5) is 35.8. The summed E-state index contributed by atoms with van der Waals surface area (Å²) < 4.78 is 5.13. The van der Waals surface area contributed by atoms with Crippen molar-refractivity contribution in [3.63, 3.8) is 0 Å². The van der Waals surface area contributed by atoms with Gasteiger partial charge in [0.25, 0.3) is 11.8 Å². The number of nitrogens with one attached hydrogen (secondary N) is 1. The molecule has 1 heterocycles. The Labute approximate surface area is 122 Å². The van der Waals surface area contributed by atoms with Crippen LogP contribution in [0.3, 0.4) is 0 Å². The van der Waals surface area contributed by atoms with Gasteiger partial charge in [-0.15, -0.1) is 0 Å². The number of amides is 3. The molecule has 0 atom stereocenters. The maximum atomic E-state index is 12.3. The molecule has 1 aromatic rings. The van der Waals surface area contributed by atoms with Crippen molar-refractivity contribution in [2.75, 3.05) is 26.2 Å². The summed E-state index contributed by atoms with van der Waals surface area (Å²) in [5, 5.41) is 2.72. The van der Waals surface area contributed by atoms with Gasteiger partial charge in [-0.3, -0.25) is 14.4 Å². The van der Waals surface area contributed by atoms with E-state index in [1.807, 2.05) is 0 Å². The van der Waals surface area contributed by atoms with Gasteiger partial charge in [0.1, 0.15) is 5.75 Å². The summed E-state index contributed by atoms with van der Waals surface area (Å²) in [6.45, 7) is 1.16. The van der Waals surface area contributed by atoms with Gasteiger partial charge < -0.3 is 20.7 Å². The van der Waals surface area contributed by atoms with Gasteiger partial charge in [0.05, 0.1) is 0 Å². The van der Waals surface area contributed by atoms with Crippen molar-refractivity contribution in [1.82, 2.24) is 10.2 Å². The Hall–Kier alpha value is -2.57. The first-order chi connectivity index (χ1) is 10.1. The second-order valence-electron chi connectivity index (χ2n) is 4.67. The van der Waals surface area contributed by atoms with Crippen LogP contribution >= 0.6 is 0 Å². The van der Waals surface area contributed by atoms with Crippen molar-refractivity contribution in [1.29, 1.82) is 0 Å². The highest BCUT2D eigenvalue weighted by atomic mass is 16.5. The van der Waals surface area contributed by atoms with E-state index in [1.54, 1.807) is 29.2 Å². The maximum absolute atomic E-state index is 12.3.